The van der Waals surface area contributed by atoms with Crippen molar-refractivity contribution < 1.29 is 14.6 Å². The molecule has 1 aliphatic rings. The quantitative estimate of drug-likeness (QED) is 0.807. The minimum Gasteiger partial charge on any atom is -0.481 e. The molecule has 1 heterocycles. The van der Waals surface area contributed by atoms with Crippen molar-refractivity contribution in [2.75, 3.05) is 26.3 Å². The summed E-state index contributed by atoms with van der Waals surface area (Å²) in [5.41, 5.74) is 2.07. The molecule has 0 aromatic heterocycles. The van der Waals surface area contributed by atoms with Crippen LogP contribution in [0.1, 0.15) is 24.0 Å². The molecular formula is C14H19NO3. The molecule has 1 aliphatic heterocycles. The molecule has 18 heavy (non-hydrogen) atoms. The Kier molecular flexibility index (Phi) is 4.33. The predicted molar refractivity (Wildman–Crippen MR) is 68.6 cm³/mol. The number of aliphatic carboxylic acids is 1. The van der Waals surface area contributed by atoms with E-state index in [0.717, 1.165) is 24.2 Å². The largest absolute Gasteiger partial charge is 0.481 e. The molecule has 4 nitrogen and oxygen atoms in total. The van der Waals surface area contributed by atoms with Gasteiger partial charge in [0.25, 0.3) is 0 Å². The summed E-state index contributed by atoms with van der Waals surface area (Å²) >= 11 is 0. The minimum absolute atomic E-state index is 0.420. The van der Waals surface area contributed by atoms with Gasteiger partial charge in [-0.05, 0) is 18.1 Å². The van der Waals surface area contributed by atoms with E-state index < -0.39 is 11.9 Å². The van der Waals surface area contributed by atoms with Gasteiger partial charge in [-0.2, -0.15) is 0 Å². The van der Waals surface area contributed by atoms with Crippen LogP contribution >= 0.6 is 0 Å². The van der Waals surface area contributed by atoms with Gasteiger partial charge in [0.2, 0.25) is 0 Å². The first-order chi connectivity index (χ1) is 8.72. The van der Waals surface area contributed by atoms with Crippen molar-refractivity contribution in [1.82, 2.24) is 4.90 Å². The summed E-state index contributed by atoms with van der Waals surface area (Å²) in [4.78, 5) is 13.5. The van der Waals surface area contributed by atoms with Crippen LogP contribution in [0.3, 0.4) is 0 Å². The van der Waals surface area contributed by atoms with Gasteiger partial charge in [-0.3, -0.25) is 9.69 Å². The van der Waals surface area contributed by atoms with Crippen molar-refractivity contribution in [3.8, 4) is 0 Å². The predicted octanol–water partition coefficient (Wildman–Crippen LogP) is 1.71. The Hall–Kier alpha value is -1.39. The molecule has 0 fully saturated rings. The second-order valence-corrected chi connectivity index (χ2v) is 4.52. The van der Waals surface area contributed by atoms with Gasteiger partial charge in [-0.15, -0.1) is 0 Å². The van der Waals surface area contributed by atoms with Crippen molar-refractivity contribution >= 4 is 5.97 Å². The van der Waals surface area contributed by atoms with Crippen LogP contribution in [0.15, 0.2) is 24.3 Å². The second-order valence-electron chi connectivity index (χ2n) is 4.52. The summed E-state index contributed by atoms with van der Waals surface area (Å²) in [6.07, 6.45) is 0. The van der Waals surface area contributed by atoms with Gasteiger partial charge >= 0.3 is 5.97 Å². The van der Waals surface area contributed by atoms with E-state index in [0.29, 0.717) is 19.8 Å². The first-order valence-electron chi connectivity index (χ1n) is 6.33. The number of rotatable bonds is 5. The number of carboxylic acids is 1. The van der Waals surface area contributed by atoms with Crippen LogP contribution in [0.2, 0.25) is 0 Å². The van der Waals surface area contributed by atoms with E-state index in [1.807, 2.05) is 31.2 Å². The molecule has 1 aromatic carbocycles. The van der Waals surface area contributed by atoms with Crippen molar-refractivity contribution in [2.45, 2.75) is 19.4 Å². The molecule has 0 amide bonds. The normalized spacial score (nSPS) is 19.5. The number of benzene rings is 1. The molecule has 1 N–H and O–H groups in total. The molecule has 0 saturated heterocycles. The van der Waals surface area contributed by atoms with Crippen LogP contribution in [0.25, 0.3) is 0 Å². The maximum absolute atomic E-state index is 11.3. The van der Waals surface area contributed by atoms with Crippen molar-refractivity contribution in [2.24, 2.45) is 0 Å². The van der Waals surface area contributed by atoms with Gasteiger partial charge in [-0.25, -0.2) is 0 Å². The third-order valence-corrected chi connectivity index (χ3v) is 3.32. The van der Waals surface area contributed by atoms with Gasteiger partial charge in [0.05, 0.1) is 12.5 Å². The van der Waals surface area contributed by atoms with E-state index in [1.54, 1.807) is 0 Å². The van der Waals surface area contributed by atoms with Crippen molar-refractivity contribution in [1.29, 1.82) is 0 Å². The summed E-state index contributed by atoms with van der Waals surface area (Å²) in [6, 6.07) is 7.81. The summed E-state index contributed by atoms with van der Waals surface area (Å²) in [5.74, 6) is -1.17. The average Bonchev–Trinajstić information content (AvgIpc) is 2.38. The first kappa shape index (κ1) is 13.1. The Morgan fingerprint density at radius 3 is 3.00 bits per heavy atom. The molecule has 1 unspecified atom stereocenters. The molecule has 1 aromatic rings. The zero-order valence-electron chi connectivity index (χ0n) is 10.6. The van der Waals surface area contributed by atoms with E-state index in [1.165, 1.54) is 0 Å². The second kappa shape index (κ2) is 5.98. The van der Waals surface area contributed by atoms with E-state index in [4.69, 9.17) is 4.74 Å². The Bertz CT molecular complexity index is 419. The minimum atomic E-state index is -0.747. The fraction of sp³-hybridized carbons (Fsp3) is 0.500. The summed E-state index contributed by atoms with van der Waals surface area (Å²) in [5, 5.41) is 9.32. The summed E-state index contributed by atoms with van der Waals surface area (Å²) < 4.78 is 5.33. The van der Waals surface area contributed by atoms with Crippen LogP contribution in [0.5, 0.6) is 0 Å². The van der Waals surface area contributed by atoms with Crippen LogP contribution < -0.4 is 0 Å². The molecular weight excluding hydrogens is 230 g/mol. The highest BCUT2D eigenvalue weighted by molar-refractivity contribution is 5.77. The van der Waals surface area contributed by atoms with Crippen molar-refractivity contribution in [3.05, 3.63) is 35.4 Å². The van der Waals surface area contributed by atoms with Gasteiger partial charge in [0.15, 0.2) is 0 Å². The number of nitrogens with zero attached hydrogens (tertiary/aromatic N) is 1. The number of hydrogen-bond donors (Lipinski definition) is 1. The van der Waals surface area contributed by atoms with Gasteiger partial charge in [0, 0.05) is 26.2 Å². The molecule has 0 aliphatic carbocycles. The lowest BCUT2D eigenvalue weighted by Crippen LogP contribution is -2.38. The highest BCUT2D eigenvalue weighted by Gasteiger charge is 2.29. The zero-order chi connectivity index (χ0) is 13.0. The molecule has 0 bridgehead atoms. The Morgan fingerprint density at radius 2 is 2.28 bits per heavy atom. The fourth-order valence-electron chi connectivity index (χ4n) is 2.40. The number of ether oxygens (including phenoxy) is 1. The maximum Gasteiger partial charge on any atom is 0.312 e. The highest BCUT2D eigenvalue weighted by atomic mass is 16.5. The zero-order valence-corrected chi connectivity index (χ0v) is 10.6. The van der Waals surface area contributed by atoms with Crippen LogP contribution in [0.4, 0.5) is 0 Å². The lowest BCUT2D eigenvalue weighted by Gasteiger charge is -2.32. The lowest BCUT2D eigenvalue weighted by atomic mass is 9.90. The number of fused-ring (bicyclic) bond motifs is 1. The van der Waals surface area contributed by atoms with E-state index >= 15 is 0 Å². The molecule has 1 atom stereocenters. The number of carboxylic acid groups (broad SMARTS) is 1. The molecule has 0 radical (unpaired) electrons. The molecule has 0 spiro atoms. The van der Waals surface area contributed by atoms with Crippen molar-refractivity contribution in [3.63, 3.8) is 0 Å². The maximum atomic E-state index is 11.3. The van der Waals surface area contributed by atoms with Gasteiger partial charge in [-0.1, -0.05) is 24.3 Å². The standard InChI is InChI=1S/C14H19NO3/c1-2-18-8-7-15-9-11-5-3-4-6-12(11)13(10-15)14(16)17/h3-6,13H,2,7-10H2,1H3,(H,16,17). The number of hydrogen-bond acceptors (Lipinski definition) is 3. The SMILES string of the molecule is CCOCCN1Cc2ccccc2C(C(=O)O)C1. The third-order valence-electron chi connectivity index (χ3n) is 3.32. The Balaban J connectivity index is 2.10. The topological polar surface area (TPSA) is 49.8 Å². The van der Waals surface area contributed by atoms with E-state index in [2.05, 4.69) is 4.90 Å². The fourth-order valence-corrected chi connectivity index (χ4v) is 2.40. The molecule has 98 valence electrons. The Labute approximate surface area is 107 Å². The monoisotopic (exact) mass is 249 g/mol. The average molecular weight is 249 g/mol. The van der Waals surface area contributed by atoms with E-state index in [-0.39, 0.29) is 0 Å². The third kappa shape index (κ3) is 2.89. The molecule has 0 saturated carbocycles. The lowest BCUT2D eigenvalue weighted by molar-refractivity contribution is -0.139. The molecule has 4 heteroatoms. The number of carbonyl (C=O) groups is 1. The van der Waals surface area contributed by atoms with Crippen LogP contribution in [0, 0.1) is 0 Å². The van der Waals surface area contributed by atoms with Crippen LogP contribution in [-0.2, 0) is 16.1 Å². The highest BCUT2D eigenvalue weighted by Crippen LogP contribution is 2.28. The Morgan fingerprint density at radius 1 is 1.50 bits per heavy atom. The van der Waals surface area contributed by atoms with Gasteiger partial charge < -0.3 is 9.84 Å². The summed E-state index contributed by atoms with van der Waals surface area (Å²) in [7, 11) is 0. The van der Waals surface area contributed by atoms with E-state index in [9.17, 15) is 9.90 Å². The first-order valence-corrected chi connectivity index (χ1v) is 6.33. The van der Waals surface area contributed by atoms with Gasteiger partial charge in [0.1, 0.15) is 0 Å². The molecule has 2 rings (SSSR count). The van der Waals surface area contributed by atoms with Crippen LogP contribution in [-0.4, -0.2) is 42.3 Å². The summed E-state index contributed by atoms with van der Waals surface area (Å²) in [6.45, 7) is 5.49. The smallest absolute Gasteiger partial charge is 0.312 e.